The Morgan fingerprint density at radius 2 is 2.00 bits per heavy atom. The number of carbonyl (C=O) groups excluding carboxylic acids is 2. The van der Waals surface area contributed by atoms with Gasteiger partial charge in [-0.05, 0) is 19.3 Å². The molecular weight excluding hydrogens is 308 g/mol. The van der Waals surface area contributed by atoms with Crippen LogP contribution in [0, 0.1) is 5.92 Å². The van der Waals surface area contributed by atoms with Crippen molar-refractivity contribution in [1.29, 1.82) is 0 Å². The lowest BCUT2D eigenvalue weighted by Gasteiger charge is -2.36. The van der Waals surface area contributed by atoms with E-state index in [0.29, 0.717) is 45.7 Å². The number of ether oxygens (including phenoxy) is 1. The average Bonchev–Trinajstić information content (AvgIpc) is 2.67. The molecule has 2 saturated heterocycles. The monoisotopic (exact) mass is 332 g/mol. The first kappa shape index (κ1) is 16.8. The van der Waals surface area contributed by atoms with Gasteiger partial charge in [0.05, 0.1) is 24.8 Å². The summed E-state index contributed by atoms with van der Waals surface area (Å²) >= 11 is 0. The second-order valence-electron chi connectivity index (χ2n) is 6.31. The van der Waals surface area contributed by atoms with E-state index >= 15 is 0 Å². The molecule has 130 valence electrons. The summed E-state index contributed by atoms with van der Waals surface area (Å²) in [6.07, 6.45) is 7.70. The number of nitrogens with zero attached hydrogens (tertiary/aromatic N) is 4. The van der Waals surface area contributed by atoms with Gasteiger partial charge in [0.15, 0.2) is 0 Å². The molecule has 1 aromatic heterocycles. The Bertz CT molecular complexity index is 560. The Morgan fingerprint density at radius 3 is 2.75 bits per heavy atom. The highest BCUT2D eigenvalue weighted by Gasteiger charge is 2.31. The van der Waals surface area contributed by atoms with Gasteiger partial charge in [0.1, 0.15) is 0 Å². The Balaban J connectivity index is 1.50. The third-order valence-electron chi connectivity index (χ3n) is 4.66. The van der Waals surface area contributed by atoms with Crippen molar-refractivity contribution in [2.24, 2.45) is 5.92 Å². The van der Waals surface area contributed by atoms with Crippen LogP contribution in [0.1, 0.15) is 25.0 Å². The third-order valence-corrected chi connectivity index (χ3v) is 4.66. The highest BCUT2D eigenvalue weighted by molar-refractivity contribution is 5.81. The molecule has 2 amide bonds. The first-order valence-electron chi connectivity index (χ1n) is 8.63. The molecule has 0 N–H and O–H groups in total. The van der Waals surface area contributed by atoms with Gasteiger partial charge in [0.25, 0.3) is 0 Å². The number of carbonyl (C=O) groups is 2. The summed E-state index contributed by atoms with van der Waals surface area (Å²) in [5, 5.41) is 0. The van der Waals surface area contributed by atoms with E-state index in [2.05, 4.69) is 9.97 Å². The summed E-state index contributed by atoms with van der Waals surface area (Å²) in [5.41, 5.74) is 0.823. The molecule has 1 atom stereocenters. The van der Waals surface area contributed by atoms with Crippen LogP contribution < -0.4 is 0 Å². The van der Waals surface area contributed by atoms with Crippen molar-refractivity contribution >= 4 is 11.8 Å². The number of morpholine rings is 1. The number of aromatic nitrogens is 2. The molecule has 2 aliphatic heterocycles. The number of amides is 2. The van der Waals surface area contributed by atoms with Gasteiger partial charge in [0.2, 0.25) is 11.8 Å². The van der Waals surface area contributed by atoms with Crippen molar-refractivity contribution in [3.05, 3.63) is 24.3 Å². The van der Waals surface area contributed by atoms with E-state index in [1.165, 1.54) is 0 Å². The van der Waals surface area contributed by atoms with Crippen LogP contribution in [0.25, 0.3) is 0 Å². The molecule has 0 bridgehead atoms. The van der Waals surface area contributed by atoms with Gasteiger partial charge in [-0.3, -0.25) is 19.6 Å². The van der Waals surface area contributed by atoms with Gasteiger partial charge < -0.3 is 14.5 Å². The van der Waals surface area contributed by atoms with E-state index < -0.39 is 0 Å². The number of hydrogen-bond acceptors (Lipinski definition) is 5. The zero-order valence-corrected chi connectivity index (χ0v) is 13.9. The summed E-state index contributed by atoms with van der Waals surface area (Å²) in [4.78, 5) is 37.0. The van der Waals surface area contributed by atoms with Crippen molar-refractivity contribution in [2.75, 3.05) is 39.4 Å². The molecule has 1 aromatic rings. The topological polar surface area (TPSA) is 75.6 Å². The van der Waals surface area contributed by atoms with Gasteiger partial charge in [0, 0.05) is 51.2 Å². The van der Waals surface area contributed by atoms with Crippen LogP contribution in [0.4, 0.5) is 0 Å². The molecule has 0 radical (unpaired) electrons. The van der Waals surface area contributed by atoms with Gasteiger partial charge in [-0.1, -0.05) is 0 Å². The number of piperidine rings is 1. The first-order valence-corrected chi connectivity index (χ1v) is 8.63. The van der Waals surface area contributed by atoms with Crippen molar-refractivity contribution in [2.45, 2.75) is 25.7 Å². The SMILES string of the molecule is O=C(CCc1cnccn1)N1CCCC(C(=O)N2CCOCC2)C1. The van der Waals surface area contributed by atoms with E-state index in [1.807, 2.05) is 9.80 Å². The largest absolute Gasteiger partial charge is 0.378 e. The first-order chi connectivity index (χ1) is 11.7. The minimum absolute atomic E-state index is 0.0719. The molecule has 0 spiro atoms. The predicted molar refractivity (Wildman–Crippen MR) is 87.1 cm³/mol. The average molecular weight is 332 g/mol. The molecule has 1 unspecified atom stereocenters. The van der Waals surface area contributed by atoms with Crippen LogP contribution in [-0.2, 0) is 20.7 Å². The summed E-state index contributed by atoms with van der Waals surface area (Å²) in [6, 6.07) is 0. The quantitative estimate of drug-likeness (QED) is 0.803. The van der Waals surface area contributed by atoms with E-state index in [-0.39, 0.29) is 17.7 Å². The Morgan fingerprint density at radius 1 is 1.17 bits per heavy atom. The molecular formula is C17H24N4O3. The fourth-order valence-corrected chi connectivity index (χ4v) is 3.30. The highest BCUT2D eigenvalue weighted by atomic mass is 16.5. The van der Waals surface area contributed by atoms with E-state index in [4.69, 9.17) is 4.74 Å². The summed E-state index contributed by atoms with van der Waals surface area (Å²) in [5.74, 6) is 0.196. The number of aryl methyl sites for hydroxylation is 1. The summed E-state index contributed by atoms with van der Waals surface area (Å²) < 4.78 is 5.30. The molecule has 7 heteroatoms. The van der Waals surface area contributed by atoms with Crippen LogP contribution in [0.5, 0.6) is 0 Å². The van der Waals surface area contributed by atoms with Crippen molar-refractivity contribution in [3.8, 4) is 0 Å². The normalized spacial score (nSPS) is 21.6. The number of hydrogen-bond donors (Lipinski definition) is 0. The molecule has 24 heavy (non-hydrogen) atoms. The Hall–Kier alpha value is -2.02. The Labute approximate surface area is 142 Å². The van der Waals surface area contributed by atoms with Crippen LogP contribution >= 0.6 is 0 Å². The van der Waals surface area contributed by atoms with Gasteiger partial charge in [-0.15, -0.1) is 0 Å². The third kappa shape index (κ3) is 4.29. The molecule has 3 heterocycles. The van der Waals surface area contributed by atoms with Crippen LogP contribution in [0.2, 0.25) is 0 Å². The van der Waals surface area contributed by atoms with Gasteiger partial charge >= 0.3 is 0 Å². The maximum absolute atomic E-state index is 12.6. The highest BCUT2D eigenvalue weighted by Crippen LogP contribution is 2.20. The zero-order chi connectivity index (χ0) is 16.8. The lowest BCUT2D eigenvalue weighted by molar-refractivity contribution is -0.144. The fraction of sp³-hybridized carbons (Fsp3) is 0.647. The van der Waals surface area contributed by atoms with E-state index in [0.717, 1.165) is 25.1 Å². The van der Waals surface area contributed by atoms with Crippen LogP contribution in [-0.4, -0.2) is 71.0 Å². The van der Waals surface area contributed by atoms with Gasteiger partial charge in [-0.25, -0.2) is 0 Å². The van der Waals surface area contributed by atoms with Crippen LogP contribution in [0.3, 0.4) is 0 Å². The maximum Gasteiger partial charge on any atom is 0.227 e. The number of rotatable bonds is 4. The molecule has 7 nitrogen and oxygen atoms in total. The van der Waals surface area contributed by atoms with Crippen molar-refractivity contribution in [3.63, 3.8) is 0 Å². The zero-order valence-electron chi connectivity index (χ0n) is 13.9. The molecule has 2 fully saturated rings. The molecule has 0 aliphatic carbocycles. The minimum Gasteiger partial charge on any atom is -0.378 e. The summed E-state index contributed by atoms with van der Waals surface area (Å²) in [6.45, 7) is 3.83. The predicted octanol–water partition coefficient (Wildman–Crippen LogP) is 0.507. The van der Waals surface area contributed by atoms with E-state index in [9.17, 15) is 9.59 Å². The standard InChI is InChI=1S/C17H24N4O3/c22-16(4-3-15-12-18-5-6-19-15)21-7-1-2-14(13-21)17(23)20-8-10-24-11-9-20/h5-6,12,14H,1-4,7-11,13H2. The Kier molecular flexibility index (Phi) is 5.74. The summed E-state index contributed by atoms with van der Waals surface area (Å²) in [7, 11) is 0. The second-order valence-corrected chi connectivity index (χ2v) is 6.31. The van der Waals surface area contributed by atoms with Crippen molar-refractivity contribution in [1.82, 2.24) is 19.8 Å². The molecule has 0 saturated carbocycles. The van der Waals surface area contributed by atoms with Crippen LogP contribution in [0.15, 0.2) is 18.6 Å². The van der Waals surface area contributed by atoms with Gasteiger partial charge in [-0.2, -0.15) is 0 Å². The fourth-order valence-electron chi connectivity index (χ4n) is 3.30. The molecule has 0 aromatic carbocycles. The maximum atomic E-state index is 12.6. The van der Waals surface area contributed by atoms with Crippen molar-refractivity contribution < 1.29 is 14.3 Å². The number of likely N-dealkylation sites (tertiary alicyclic amines) is 1. The smallest absolute Gasteiger partial charge is 0.227 e. The second kappa shape index (κ2) is 8.19. The lowest BCUT2D eigenvalue weighted by Crippen LogP contribution is -2.49. The molecule has 3 rings (SSSR count). The minimum atomic E-state index is -0.0719. The molecule has 2 aliphatic rings. The lowest BCUT2D eigenvalue weighted by atomic mass is 9.96. The van der Waals surface area contributed by atoms with E-state index in [1.54, 1.807) is 18.6 Å².